The topological polar surface area (TPSA) is 38.1 Å². The third-order valence-electron chi connectivity index (χ3n) is 6.33. The second-order valence-electron chi connectivity index (χ2n) is 8.27. The molecule has 1 aromatic heterocycles. The van der Waals surface area contributed by atoms with E-state index in [4.69, 9.17) is 4.98 Å². The summed E-state index contributed by atoms with van der Waals surface area (Å²) < 4.78 is 2.43. The zero-order valence-electron chi connectivity index (χ0n) is 18.3. The first-order valence-electron chi connectivity index (χ1n) is 11.2. The Balaban J connectivity index is 1.39. The number of fused-ring (bicyclic) bond motifs is 1. The first kappa shape index (κ1) is 20.8. The van der Waals surface area contributed by atoms with Crippen molar-refractivity contribution in [3.8, 4) is 0 Å². The zero-order chi connectivity index (χ0) is 21.9. The number of hydrogen-bond acceptors (Lipinski definition) is 3. The first-order chi connectivity index (χ1) is 15.7. The number of benzene rings is 3. The maximum Gasteiger partial charge on any atom is 0.254 e. The van der Waals surface area contributed by atoms with Crippen LogP contribution in [0.2, 0.25) is 0 Å². The summed E-state index contributed by atoms with van der Waals surface area (Å²) >= 11 is 1.63. The lowest BCUT2D eigenvalue weighted by Crippen LogP contribution is -2.39. The van der Waals surface area contributed by atoms with Crippen molar-refractivity contribution in [1.29, 1.82) is 0 Å². The Kier molecular flexibility index (Phi) is 5.99. The van der Waals surface area contributed by atoms with Gasteiger partial charge in [0.1, 0.15) is 5.82 Å². The van der Waals surface area contributed by atoms with Crippen LogP contribution >= 0.6 is 11.8 Å². The maximum atomic E-state index is 13.2. The van der Waals surface area contributed by atoms with Crippen LogP contribution in [0.4, 0.5) is 0 Å². The van der Waals surface area contributed by atoms with E-state index in [9.17, 15) is 4.79 Å². The largest absolute Gasteiger partial charge is 0.338 e. The Hall–Kier alpha value is -3.05. The number of para-hydroxylation sites is 2. The van der Waals surface area contributed by atoms with Gasteiger partial charge in [0.05, 0.1) is 16.6 Å². The monoisotopic (exact) mass is 441 g/mol. The van der Waals surface area contributed by atoms with E-state index >= 15 is 0 Å². The molecule has 0 aliphatic carbocycles. The fourth-order valence-corrected chi connectivity index (χ4v) is 5.31. The molecule has 4 aromatic rings. The van der Waals surface area contributed by atoms with Crippen molar-refractivity contribution in [2.24, 2.45) is 0 Å². The number of hydrogen-bond donors (Lipinski definition) is 0. The number of piperidine rings is 1. The molecule has 1 aliphatic rings. The van der Waals surface area contributed by atoms with E-state index in [1.165, 1.54) is 11.1 Å². The number of nitrogens with zero attached hydrogens (tertiary/aromatic N) is 3. The van der Waals surface area contributed by atoms with E-state index in [0.29, 0.717) is 6.04 Å². The fourth-order valence-electron chi connectivity index (χ4n) is 4.72. The van der Waals surface area contributed by atoms with Crippen LogP contribution in [0.15, 0.2) is 83.8 Å². The van der Waals surface area contributed by atoms with Crippen molar-refractivity contribution in [2.75, 3.05) is 19.3 Å². The number of aromatic nitrogens is 2. The molecule has 162 valence electrons. The Labute approximate surface area is 193 Å². The number of amides is 1. The maximum absolute atomic E-state index is 13.2. The molecule has 0 atom stereocenters. The Bertz CT molecular complexity index is 1230. The quantitative estimate of drug-likeness (QED) is 0.366. The van der Waals surface area contributed by atoms with Crippen LogP contribution in [0.1, 0.15) is 40.6 Å². The second-order valence-corrected chi connectivity index (χ2v) is 9.12. The van der Waals surface area contributed by atoms with E-state index in [2.05, 4.69) is 59.2 Å². The highest BCUT2D eigenvalue weighted by Crippen LogP contribution is 2.31. The van der Waals surface area contributed by atoms with Crippen molar-refractivity contribution in [3.05, 3.63) is 95.8 Å². The summed E-state index contributed by atoms with van der Waals surface area (Å²) in [6.07, 6.45) is 4.72. The molecule has 1 fully saturated rings. The summed E-state index contributed by atoms with van der Waals surface area (Å²) in [7, 11) is 0. The lowest BCUT2D eigenvalue weighted by Gasteiger charge is -2.34. The normalized spacial score (nSPS) is 14.7. The molecule has 0 saturated carbocycles. The van der Waals surface area contributed by atoms with Crippen LogP contribution in [0, 0.1) is 0 Å². The molecule has 0 bridgehead atoms. The van der Waals surface area contributed by atoms with Crippen LogP contribution in [0.5, 0.6) is 0 Å². The summed E-state index contributed by atoms with van der Waals surface area (Å²) in [5.74, 6) is 1.25. The minimum atomic E-state index is 0.147. The molecule has 5 heteroatoms. The van der Waals surface area contributed by atoms with Gasteiger partial charge in [-0.05, 0) is 48.9 Å². The third kappa shape index (κ3) is 4.05. The van der Waals surface area contributed by atoms with Gasteiger partial charge in [-0.15, -0.1) is 11.8 Å². The molecule has 0 spiro atoms. The average Bonchev–Trinajstić information content (AvgIpc) is 3.22. The van der Waals surface area contributed by atoms with Gasteiger partial charge in [-0.25, -0.2) is 4.98 Å². The van der Waals surface area contributed by atoms with Crippen LogP contribution in [-0.2, 0) is 6.42 Å². The molecular formula is C27H27N3OS. The predicted molar refractivity (Wildman–Crippen MR) is 131 cm³/mol. The molecule has 5 rings (SSSR count). The van der Waals surface area contributed by atoms with E-state index in [-0.39, 0.29) is 5.91 Å². The van der Waals surface area contributed by atoms with Crippen molar-refractivity contribution in [1.82, 2.24) is 14.5 Å². The predicted octanol–water partition coefficient (Wildman–Crippen LogP) is 5.83. The van der Waals surface area contributed by atoms with E-state index < -0.39 is 0 Å². The fraction of sp³-hybridized carbons (Fsp3) is 0.259. The number of thioether (sulfide) groups is 1. The smallest absolute Gasteiger partial charge is 0.254 e. The lowest BCUT2D eigenvalue weighted by molar-refractivity contribution is 0.0691. The molecule has 4 nitrogen and oxygen atoms in total. The second kappa shape index (κ2) is 9.21. The van der Waals surface area contributed by atoms with E-state index in [1.807, 2.05) is 35.4 Å². The number of rotatable bonds is 5. The first-order valence-corrected chi connectivity index (χ1v) is 12.4. The number of carbonyl (C=O) groups excluding carboxylic acids is 1. The van der Waals surface area contributed by atoms with Gasteiger partial charge in [-0.2, -0.15) is 0 Å². The molecule has 1 saturated heterocycles. The zero-order valence-corrected chi connectivity index (χ0v) is 19.1. The average molecular weight is 442 g/mol. The van der Waals surface area contributed by atoms with Gasteiger partial charge in [0.2, 0.25) is 0 Å². The van der Waals surface area contributed by atoms with Gasteiger partial charge < -0.3 is 9.47 Å². The molecule has 0 unspecified atom stereocenters. The Morgan fingerprint density at radius 1 is 0.938 bits per heavy atom. The van der Waals surface area contributed by atoms with Crippen LogP contribution in [0.3, 0.4) is 0 Å². The van der Waals surface area contributed by atoms with Gasteiger partial charge in [0.25, 0.3) is 5.91 Å². The van der Waals surface area contributed by atoms with Crippen molar-refractivity contribution < 1.29 is 4.79 Å². The highest BCUT2D eigenvalue weighted by molar-refractivity contribution is 7.98. The van der Waals surface area contributed by atoms with Gasteiger partial charge in [0.15, 0.2) is 0 Å². The highest BCUT2D eigenvalue weighted by atomic mass is 32.2. The molecule has 1 amide bonds. The molecule has 2 heterocycles. The van der Waals surface area contributed by atoms with Crippen LogP contribution in [0.25, 0.3) is 11.0 Å². The van der Waals surface area contributed by atoms with Crippen LogP contribution < -0.4 is 0 Å². The Morgan fingerprint density at radius 2 is 1.62 bits per heavy atom. The SMILES string of the molecule is CSc1ccccc1C(=O)N1CCC(n2c(Cc3ccccc3)nc3ccccc32)CC1. The van der Waals surface area contributed by atoms with E-state index in [0.717, 1.165) is 54.2 Å². The summed E-state index contributed by atoms with van der Waals surface area (Å²) in [6.45, 7) is 1.53. The summed E-state index contributed by atoms with van der Waals surface area (Å²) in [4.78, 5) is 21.2. The lowest BCUT2D eigenvalue weighted by atomic mass is 10.0. The highest BCUT2D eigenvalue weighted by Gasteiger charge is 2.28. The van der Waals surface area contributed by atoms with Gasteiger partial charge in [0, 0.05) is 30.4 Å². The molecule has 0 radical (unpaired) electrons. The molecule has 32 heavy (non-hydrogen) atoms. The standard InChI is InChI=1S/C27H27N3OS/c1-32-25-14-8-5-11-22(25)27(31)29-17-15-21(16-18-29)30-24-13-7-6-12-23(24)28-26(30)19-20-9-3-2-4-10-20/h2-14,21H,15-19H2,1H3. The number of carbonyl (C=O) groups is 1. The van der Waals surface area contributed by atoms with Gasteiger partial charge >= 0.3 is 0 Å². The number of likely N-dealkylation sites (tertiary alicyclic amines) is 1. The van der Waals surface area contributed by atoms with Gasteiger partial charge in [-0.3, -0.25) is 4.79 Å². The molecule has 3 aromatic carbocycles. The molecule has 1 aliphatic heterocycles. The van der Waals surface area contributed by atoms with E-state index in [1.54, 1.807) is 11.8 Å². The summed E-state index contributed by atoms with van der Waals surface area (Å²) in [6, 6.07) is 27.2. The molecule has 0 N–H and O–H groups in total. The van der Waals surface area contributed by atoms with Crippen LogP contribution in [-0.4, -0.2) is 39.7 Å². The number of imidazole rings is 1. The van der Waals surface area contributed by atoms with Crippen molar-refractivity contribution in [3.63, 3.8) is 0 Å². The van der Waals surface area contributed by atoms with Crippen molar-refractivity contribution in [2.45, 2.75) is 30.2 Å². The Morgan fingerprint density at radius 3 is 2.41 bits per heavy atom. The third-order valence-corrected chi connectivity index (χ3v) is 7.12. The minimum absolute atomic E-state index is 0.147. The summed E-state index contributed by atoms with van der Waals surface area (Å²) in [5, 5.41) is 0. The summed E-state index contributed by atoms with van der Waals surface area (Å²) in [5.41, 5.74) is 4.32. The minimum Gasteiger partial charge on any atom is -0.338 e. The van der Waals surface area contributed by atoms with Crippen molar-refractivity contribution >= 4 is 28.7 Å². The van der Waals surface area contributed by atoms with Gasteiger partial charge in [-0.1, -0.05) is 54.6 Å². The molecular weight excluding hydrogens is 414 g/mol.